The summed E-state index contributed by atoms with van der Waals surface area (Å²) in [5.74, 6) is -0.402. The first-order valence-corrected chi connectivity index (χ1v) is 8.75. The number of rotatable bonds is 4. The number of anilines is 1. The maximum absolute atomic E-state index is 14.4. The summed E-state index contributed by atoms with van der Waals surface area (Å²) in [6, 6.07) is 5.99. The molecule has 8 nitrogen and oxygen atoms in total. The Bertz CT molecular complexity index is 1160. The standard InChI is InChI=1S/C18H17FN8/c1-10-2-5-13-16(21-18(20)22-17(13)15(10)19)14-9-26(25-23-14)8-11-6-7-27(24-11)12-3-4-12/h2,5-7,9,12H,3-4,8H2,1H3,(H2,20,21,22). The minimum atomic E-state index is -0.402. The summed E-state index contributed by atoms with van der Waals surface area (Å²) >= 11 is 0. The molecule has 1 fully saturated rings. The van der Waals surface area contributed by atoms with Crippen LogP contribution in [0.3, 0.4) is 0 Å². The van der Waals surface area contributed by atoms with Crippen molar-refractivity contribution in [2.24, 2.45) is 0 Å². The molecule has 0 aliphatic heterocycles. The van der Waals surface area contributed by atoms with Crippen molar-refractivity contribution in [3.63, 3.8) is 0 Å². The van der Waals surface area contributed by atoms with Crippen LogP contribution in [-0.4, -0.2) is 34.7 Å². The molecule has 0 bridgehead atoms. The van der Waals surface area contributed by atoms with Crippen LogP contribution in [0.25, 0.3) is 22.3 Å². The lowest BCUT2D eigenvalue weighted by Crippen LogP contribution is -2.03. The van der Waals surface area contributed by atoms with Crippen LogP contribution in [0.4, 0.5) is 10.3 Å². The molecule has 0 unspecified atom stereocenters. The highest BCUT2D eigenvalue weighted by Crippen LogP contribution is 2.34. The van der Waals surface area contributed by atoms with Crippen molar-refractivity contribution in [3.05, 3.63) is 47.7 Å². The van der Waals surface area contributed by atoms with Crippen molar-refractivity contribution in [1.29, 1.82) is 0 Å². The highest BCUT2D eigenvalue weighted by Gasteiger charge is 2.24. The minimum absolute atomic E-state index is 0.000253. The fraction of sp³-hybridized carbons (Fsp3) is 0.278. The quantitative estimate of drug-likeness (QED) is 0.597. The molecule has 1 aromatic carbocycles. The average Bonchev–Trinajstić information content (AvgIpc) is 3.22. The second-order valence-corrected chi connectivity index (χ2v) is 6.84. The fourth-order valence-electron chi connectivity index (χ4n) is 3.13. The van der Waals surface area contributed by atoms with Crippen LogP contribution in [0.2, 0.25) is 0 Å². The minimum Gasteiger partial charge on any atom is -0.368 e. The van der Waals surface area contributed by atoms with E-state index in [0.717, 1.165) is 5.69 Å². The van der Waals surface area contributed by atoms with Crippen LogP contribution in [0.1, 0.15) is 30.1 Å². The van der Waals surface area contributed by atoms with Gasteiger partial charge in [-0.05, 0) is 31.4 Å². The second-order valence-electron chi connectivity index (χ2n) is 6.84. The molecule has 0 radical (unpaired) electrons. The molecule has 3 aromatic heterocycles. The zero-order chi connectivity index (χ0) is 18.5. The SMILES string of the molecule is Cc1ccc2c(-c3cn(Cc4ccn(C5CC5)n4)nn3)nc(N)nc2c1F. The number of hydrogen-bond acceptors (Lipinski definition) is 6. The topological polar surface area (TPSA) is 100 Å². The molecule has 0 saturated heterocycles. The Morgan fingerprint density at radius 3 is 2.89 bits per heavy atom. The van der Waals surface area contributed by atoms with Gasteiger partial charge in [0.25, 0.3) is 0 Å². The average molecular weight is 364 g/mol. The van der Waals surface area contributed by atoms with E-state index in [4.69, 9.17) is 5.73 Å². The van der Waals surface area contributed by atoms with E-state index in [1.165, 1.54) is 12.8 Å². The molecular formula is C18H17FN8. The van der Waals surface area contributed by atoms with E-state index in [9.17, 15) is 4.39 Å². The van der Waals surface area contributed by atoms with E-state index in [2.05, 4.69) is 25.4 Å². The summed E-state index contributed by atoms with van der Waals surface area (Å²) in [6.07, 6.45) is 6.13. The maximum atomic E-state index is 14.4. The van der Waals surface area contributed by atoms with Gasteiger partial charge in [0.1, 0.15) is 16.9 Å². The molecule has 0 amide bonds. The molecule has 0 atom stereocenters. The summed E-state index contributed by atoms with van der Waals surface area (Å²) in [4.78, 5) is 8.31. The molecule has 4 aromatic rings. The van der Waals surface area contributed by atoms with E-state index in [1.54, 1.807) is 29.9 Å². The van der Waals surface area contributed by atoms with Gasteiger partial charge in [-0.3, -0.25) is 4.68 Å². The van der Waals surface area contributed by atoms with Crippen LogP contribution in [-0.2, 0) is 6.54 Å². The maximum Gasteiger partial charge on any atom is 0.221 e. The van der Waals surface area contributed by atoms with Crippen molar-refractivity contribution in [3.8, 4) is 11.4 Å². The third-order valence-electron chi connectivity index (χ3n) is 4.71. The van der Waals surface area contributed by atoms with Gasteiger partial charge in [-0.15, -0.1) is 5.10 Å². The normalized spacial score (nSPS) is 14.1. The molecule has 0 spiro atoms. The van der Waals surface area contributed by atoms with Gasteiger partial charge in [0, 0.05) is 11.6 Å². The number of nitrogens with zero attached hydrogens (tertiary/aromatic N) is 7. The van der Waals surface area contributed by atoms with E-state index in [-0.39, 0.29) is 11.5 Å². The Balaban J connectivity index is 1.51. The van der Waals surface area contributed by atoms with Crippen molar-refractivity contribution < 1.29 is 4.39 Å². The number of fused-ring (bicyclic) bond motifs is 1. The largest absolute Gasteiger partial charge is 0.368 e. The molecule has 3 heterocycles. The number of aromatic nitrogens is 7. The summed E-state index contributed by atoms with van der Waals surface area (Å²) in [5, 5.41) is 13.5. The number of aryl methyl sites for hydroxylation is 1. The first-order chi connectivity index (χ1) is 13.1. The molecule has 2 N–H and O–H groups in total. The fourth-order valence-corrected chi connectivity index (χ4v) is 3.13. The number of halogens is 1. The summed E-state index contributed by atoms with van der Waals surface area (Å²) in [6.45, 7) is 2.18. The van der Waals surface area contributed by atoms with Gasteiger partial charge < -0.3 is 5.73 Å². The van der Waals surface area contributed by atoms with Gasteiger partial charge in [-0.25, -0.2) is 19.0 Å². The van der Waals surface area contributed by atoms with Crippen LogP contribution < -0.4 is 5.73 Å². The Morgan fingerprint density at radius 2 is 2.07 bits per heavy atom. The summed E-state index contributed by atoms with van der Waals surface area (Å²) in [5.41, 5.74) is 8.37. The molecule has 5 rings (SSSR count). The van der Waals surface area contributed by atoms with E-state index < -0.39 is 5.82 Å². The molecule has 1 aliphatic carbocycles. The van der Waals surface area contributed by atoms with Crippen molar-refractivity contribution in [2.45, 2.75) is 32.4 Å². The van der Waals surface area contributed by atoms with E-state index >= 15 is 0 Å². The van der Waals surface area contributed by atoms with Gasteiger partial charge >= 0.3 is 0 Å². The predicted molar refractivity (Wildman–Crippen MR) is 97.3 cm³/mol. The van der Waals surface area contributed by atoms with Crippen LogP contribution in [0.5, 0.6) is 0 Å². The lowest BCUT2D eigenvalue weighted by molar-refractivity contribution is 0.595. The molecule has 1 saturated carbocycles. The molecule has 9 heteroatoms. The van der Waals surface area contributed by atoms with Crippen molar-refractivity contribution >= 4 is 16.9 Å². The third kappa shape index (κ3) is 2.80. The van der Waals surface area contributed by atoms with Gasteiger partial charge in [0.05, 0.1) is 24.5 Å². The third-order valence-corrected chi connectivity index (χ3v) is 4.71. The predicted octanol–water partition coefficient (Wildman–Crippen LogP) is 2.50. The first kappa shape index (κ1) is 15.9. The smallest absolute Gasteiger partial charge is 0.221 e. The Morgan fingerprint density at radius 1 is 1.22 bits per heavy atom. The van der Waals surface area contributed by atoms with Gasteiger partial charge in [-0.1, -0.05) is 17.3 Å². The zero-order valence-electron chi connectivity index (χ0n) is 14.7. The highest BCUT2D eigenvalue weighted by molar-refractivity contribution is 5.92. The lowest BCUT2D eigenvalue weighted by Gasteiger charge is -2.06. The van der Waals surface area contributed by atoms with Crippen LogP contribution in [0.15, 0.2) is 30.6 Å². The lowest BCUT2D eigenvalue weighted by atomic mass is 10.1. The number of nitrogens with two attached hydrogens (primary N) is 1. The van der Waals surface area contributed by atoms with Gasteiger partial charge in [0.15, 0.2) is 5.82 Å². The van der Waals surface area contributed by atoms with Crippen molar-refractivity contribution in [2.75, 3.05) is 5.73 Å². The Kier molecular flexibility index (Phi) is 3.43. The van der Waals surface area contributed by atoms with Crippen LogP contribution in [0, 0.1) is 12.7 Å². The summed E-state index contributed by atoms with van der Waals surface area (Å²) in [7, 11) is 0. The van der Waals surface area contributed by atoms with Crippen molar-refractivity contribution in [1.82, 2.24) is 34.7 Å². The first-order valence-electron chi connectivity index (χ1n) is 8.75. The van der Waals surface area contributed by atoms with Gasteiger partial charge in [-0.2, -0.15) is 5.10 Å². The van der Waals surface area contributed by atoms with E-state index in [0.29, 0.717) is 34.9 Å². The number of benzene rings is 1. The monoisotopic (exact) mass is 364 g/mol. The Hall–Kier alpha value is -3.36. The molecular weight excluding hydrogens is 347 g/mol. The van der Waals surface area contributed by atoms with Gasteiger partial charge in [0.2, 0.25) is 5.95 Å². The second kappa shape index (κ2) is 5.83. The van der Waals surface area contributed by atoms with Crippen LogP contribution >= 0.6 is 0 Å². The number of nitrogen functional groups attached to an aromatic ring is 1. The zero-order valence-corrected chi connectivity index (χ0v) is 14.7. The Labute approximate surface area is 153 Å². The molecule has 1 aliphatic rings. The highest BCUT2D eigenvalue weighted by atomic mass is 19.1. The van der Waals surface area contributed by atoms with E-state index in [1.807, 2.05) is 16.9 Å². The molecule has 136 valence electrons. The number of hydrogen-bond donors (Lipinski definition) is 1. The molecule has 27 heavy (non-hydrogen) atoms. The summed E-state index contributed by atoms with van der Waals surface area (Å²) < 4.78 is 18.1.